The summed E-state index contributed by atoms with van der Waals surface area (Å²) in [6.45, 7) is 7.74. The van der Waals surface area contributed by atoms with Crippen LogP contribution >= 0.6 is 0 Å². The number of primary amides is 2. The number of carbonyl (C=O) groups excluding carboxylic acids is 2. The monoisotopic (exact) mass is 560 g/mol. The molecule has 0 fully saturated rings. The van der Waals surface area contributed by atoms with Gasteiger partial charge in [0.15, 0.2) is 0 Å². The molecule has 0 aromatic heterocycles. The molecule has 1 rings (SSSR count). The Morgan fingerprint density at radius 1 is 0.475 bits per heavy atom. The van der Waals surface area contributed by atoms with Gasteiger partial charge >= 0.3 is 0 Å². The Morgan fingerprint density at radius 3 is 1.07 bits per heavy atom. The van der Waals surface area contributed by atoms with Crippen molar-refractivity contribution in [2.45, 2.75) is 116 Å². The lowest BCUT2D eigenvalue weighted by molar-refractivity contribution is -0.119. The fraction of sp³-hybridized carbons (Fsp3) is 0.750. The summed E-state index contributed by atoms with van der Waals surface area (Å²) in [4.78, 5) is 27.2. The molecule has 0 aliphatic heterocycles. The second kappa shape index (κ2) is 24.8. The molecule has 2 amide bonds. The third-order valence-electron chi connectivity index (χ3n) is 7.49. The van der Waals surface area contributed by atoms with Gasteiger partial charge in [-0.25, -0.2) is 0 Å². The van der Waals surface area contributed by atoms with Gasteiger partial charge in [-0.1, -0.05) is 62.8 Å². The first-order chi connectivity index (χ1) is 19.4. The van der Waals surface area contributed by atoms with E-state index in [0.717, 1.165) is 104 Å². The van der Waals surface area contributed by atoms with E-state index in [1.165, 1.54) is 49.7 Å². The van der Waals surface area contributed by atoms with E-state index in [1.807, 2.05) is 0 Å². The van der Waals surface area contributed by atoms with Crippen LogP contribution in [0.2, 0.25) is 0 Å². The number of nitrogens with zero attached hydrogens (tertiary/aromatic N) is 2. The second-order valence-electron chi connectivity index (χ2n) is 11.3. The molecule has 40 heavy (non-hydrogen) atoms. The Kier molecular flexibility index (Phi) is 22.3. The molecule has 0 heterocycles. The number of hydrogen-bond acceptors (Lipinski definition) is 6. The van der Waals surface area contributed by atoms with Crippen LogP contribution in [0.15, 0.2) is 24.3 Å². The van der Waals surface area contributed by atoms with Crippen LogP contribution in [0.5, 0.6) is 0 Å². The molecule has 8 nitrogen and oxygen atoms in total. The van der Waals surface area contributed by atoms with E-state index in [-0.39, 0.29) is 11.8 Å². The van der Waals surface area contributed by atoms with E-state index >= 15 is 0 Å². The number of nitrogens with two attached hydrogens (primary N) is 4. The van der Waals surface area contributed by atoms with E-state index in [4.69, 9.17) is 22.9 Å². The normalized spacial score (nSPS) is 11.5. The summed E-state index contributed by atoms with van der Waals surface area (Å²) in [7, 11) is 0. The number of carbonyl (C=O) groups is 2. The van der Waals surface area contributed by atoms with Crippen molar-refractivity contribution in [2.75, 3.05) is 39.3 Å². The van der Waals surface area contributed by atoms with Crippen LogP contribution < -0.4 is 22.9 Å². The van der Waals surface area contributed by atoms with Gasteiger partial charge in [0.25, 0.3) is 0 Å². The standard InChI is InChI=1S/C32H60N6O2/c33-21-9-1-3-11-23-37(25-13-5-7-15-31(35)39)27-29-17-19-30(20-18-29)28-38(24-12-4-2-10-22-34)26-14-6-8-16-32(36)40/h17-20H,1-16,21-28,33-34H2,(H2,35,39)(H2,36,40). The van der Waals surface area contributed by atoms with Crippen molar-refractivity contribution >= 4 is 11.8 Å². The van der Waals surface area contributed by atoms with Crippen LogP contribution in [0.3, 0.4) is 0 Å². The highest BCUT2D eigenvalue weighted by atomic mass is 16.1. The first kappa shape index (κ1) is 36.0. The molecule has 8 heteroatoms. The fourth-order valence-electron chi connectivity index (χ4n) is 5.10. The molecular formula is C32H60N6O2. The van der Waals surface area contributed by atoms with E-state index in [9.17, 15) is 9.59 Å². The van der Waals surface area contributed by atoms with Gasteiger partial charge in [0.2, 0.25) is 11.8 Å². The van der Waals surface area contributed by atoms with Crippen LogP contribution in [0.25, 0.3) is 0 Å². The van der Waals surface area contributed by atoms with Crippen LogP contribution in [0.4, 0.5) is 0 Å². The number of benzene rings is 1. The van der Waals surface area contributed by atoms with Crippen LogP contribution in [-0.2, 0) is 22.7 Å². The van der Waals surface area contributed by atoms with E-state index in [0.29, 0.717) is 12.8 Å². The Hall–Kier alpha value is -2.00. The minimum atomic E-state index is -0.204. The van der Waals surface area contributed by atoms with Gasteiger partial charge in [-0.05, 0) is 102 Å². The van der Waals surface area contributed by atoms with Crippen LogP contribution in [-0.4, -0.2) is 60.9 Å². The van der Waals surface area contributed by atoms with E-state index in [1.54, 1.807) is 0 Å². The molecule has 0 saturated heterocycles. The summed E-state index contributed by atoms with van der Waals surface area (Å²) < 4.78 is 0. The summed E-state index contributed by atoms with van der Waals surface area (Å²) in [6, 6.07) is 9.15. The van der Waals surface area contributed by atoms with Gasteiger partial charge in [0, 0.05) is 25.9 Å². The lowest BCUT2D eigenvalue weighted by atomic mass is 10.1. The quantitative estimate of drug-likeness (QED) is 0.112. The molecule has 8 N–H and O–H groups in total. The largest absolute Gasteiger partial charge is 0.370 e. The zero-order chi connectivity index (χ0) is 29.3. The van der Waals surface area contributed by atoms with Gasteiger partial charge in [-0.3, -0.25) is 19.4 Å². The molecule has 0 unspecified atom stereocenters. The zero-order valence-electron chi connectivity index (χ0n) is 25.3. The number of hydrogen-bond donors (Lipinski definition) is 4. The Bertz CT molecular complexity index is 695. The minimum Gasteiger partial charge on any atom is -0.370 e. The highest BCUT2D eigenvalue weighted by Gasteiger charge is 2.09. The maximum atomic E-state index is 11.0. The topological polar surface area (TPSA) is 145 Å². The molecule has 0 aliphatic carbocycles. The van der Waals surface area contributed by atoms with Crippen molar-refractivity contribution in [3.63, 3.8) is 0 Å². The molecule has 0 saturated carbocycles. The summed E-state index contributed by atoms with van der Waals surface area (Å²) in [5.74, 6) is -0.407. The van der Waals surface area contributed by atoms with Crippen molar-refractivity contribution < 1.29 is 9.59 Å². The van der Waals surface area contributed by atoms with E-state index < -0.39 is 0 Å². The van der Waals surface area contributed by atoms with Crippen molar-refractivity contribution in [3.05, 3.63) is 35.4 Å². The molecule has 0 bridgehead atoms. The lowest BCUT2D eigenvalue weighted by Crippen LogP contribution is -2.26. The van der Waals surface area contributed by atoms with Crippen molar-refractivity contribution in [1.82, 2.24) is 9.80 Å². The van der Waals surface area contributed by atoms with Crippen molar-refractivity contribution in [3.8, 4) is 0 Å². The third-order valence-corrected chi connectivity index (χ3v) is 7.49. The Balaban J connectivity index is 2.63. The SMILES string of the molecule is NCCCCCCN(CCCCCC(N)=O)Cc1ccc(CN(CCCCCCN)CCCCCC(N)=O)cc1. The minimum absolute atomic E-state index is 0.204. The molecule has 0 spiro atoms. The van der Waals surface area contributed by atoms with Gasteiger partial charge in [-0.15, -0.1) is 0 Å². The van der Waals surface area contributed by atoms with Crippen molar-refractivity contribution in [1.29, 1.82) is 0 Å². The number of rotatable bonds is 28. The van der Waals surface area contributed by atoms with E-state index in [2.05, 4.69) is 34.1 Å². The highest BCUT2D eigenvalue weighted by molar-refractivity contribution is 5.73. The zero-order valence-corrected chi connectivity index (χ0v) is 25.3. The summed E-state index contributed by atoms with van der Waals surface area (Å²) >= 11 is 0. The summed E-state index contributed by atoms with van der Waals surface area (Å²) in [5.41, 5.74) is 24.6. The second-order valence-corrected chi connectivity index (χ2v) is 11.3. The van der Waals surface area contributed by atoms with Gasteiger partial charge in [0.1, 0.15) is 0 Å². The van der Waals surface area contributed by atoms with Gasteiger partial charge in [-0.2, -0.15) is 0 Å². The maximum absolute atomic E-state index is 11.0. The maximum Gasteiger partial charge on any atom is 0.217 e. The molecule has 1 aromatic carbocycles. The summed E-state index contributed by atoms with van der Waals surface area (Å²) in [6.07, 6.45) is 16.4. The number of amides is 2. The molecule has 230 valence electrons. The molecule has 0 atom stereocenters. The smallest absolute Gasteiger partial charge is 0.217 e. The van der Waals surface area contributed by atoms with Gasteiger partial charge < -0.3 is 22.9 Å². The van der Waals surface area contributed by atoms with Crippen LogP contribution in [0, 0.1) is 0 Å². The predicted octanol–water partition coefficient (Wildman–Crippen LogP) is 4.42. The fourth-order valence-corrected chi connectivity index (χ4v) is 5.10. The Labute approximate surface area is 244 Å². The average molecular weight is 561 g/mol. The lowest BCUT2D eigenvalue weighted by Gasteiger charge is -2.24. The molecular weight excluding hydrogens is 500 g/mol. The predicted molar refractivity (Wildman–Crippen MR) is 167 cm³/mol. The summed E-state index contributed by atoms with van der Waals surface area (Å²) in [5, 5.41) is 0. The van der Waals surface area contributed by atoms with Crippen LogP contribution in [0.1, 0.15) is 114 Å². The van der Waals surface area contributed by atoms with Crippen molar-refractivity contribution in [2.24, 2.45) is 22.9 Å². The molecule has 0 radical (unpaired) electrons. The third kappa shape index (κ3) is 20.8. The average Bonchev–Trinajstić information content (AvgIpc) is 2.92. The van der Waals surface area contributed by atoms with Gasteiger partial charge in [0.05, 0.1) is 0 Å². The first-order valence-electron chi connectivity index (χ1n) is 15.9. The molecule has 1 aromatic rings. The first-order valence-corrected chi connectivity index (χ1v) is 15.9. The number of unbranched alkanes of at least 4 members (excludes halogenated alkanes) is 10. The highest BCUT2D eigenvalue weighted by Crippen LogP contribution is 2.14. The Morgan fingerprint density at radius 2 is 0.775 bits per heavy atom. The molecule has 0 aliphatic rings.